The molecule has 9 nitrogen and oxygen atoms in total. The first-order chi connectivity index (χ1) is 12.8. The minimum atomic E-state index is -4.02. The van der Waals surface area contributed by atoms with E-state index in [0.717, 1.165) is 0 Å². The molecule has 1 atom stereocenters. The summed E-state index contributed by atoms with van der Waals surface area (Å²) in [5.41, 5.74) is 0.0237. The maximum Gasteiger partial charge on any atom is 0.271 e. The van der Waals surface area contributed by atoms with Crippen molar-refractivity contribution in [2.45, 2.75) is 32.1 Å². The van der Waals surface area contributed by atoms with E-state index in [1.165, 1.54) is 16.4 Å². The fourth-order valence-corrected chi connectivity index (χ4v) is 5.14. The van der Waals surface area contributed by atoms with Crippen LogP contribution in [0.15, 0.2) is 25.8 Å². The van der Waals surface area contributed by atoms with Crippen LogP contribution in [0, 0.1) is 0 Å². The largest absolute Gasteiger partial charge is 0.504 e. The molecule has 1 aromatic carbocycles. The van der Waals surface area contributed by atoms with Gasteiger partial charge in [-0.3, -0.25) is 0 Å². The van der Waals surface area contributed by atoms with Crippen LogP contribution >= 0.6 is 11.6 Å². The average Bonchev–Trinajstić information content (AvgIpc) is 2.94. The monoisotopic (exact) mass is 436 g/mol. The van der Waals surface area contributed by atoms with E-state index < -0.39 is 31.8 Å². The van der Waals surface area contributed by atoms with Gasteiger partial charge in [-0.2, -0.15) is 4.31 Å². The smallest absolute Gasteiger partial charge is 0.271 e. The van der Waals surface area contributed by atoms with Crippen LogP contribution in [0.3, 0.4) is 0 Å². The molecule has 1 heterocycles. The number of rotatable bonds is 7. The number of anilines is 1. The molecule has 2 N–H and O–H groups in total. The molecule has 1 unspecified atom stereocenters. The summed E-state index contributed by atoms with van der Waals surface area (Å²) in [5.74, 6) is -0.527. The lowest BCUT2D eigenvalue weighted by Crippen LogP contribution is -2.32. The first-order valence-electron chi connectivity index (χ1n) is 8.27. The Balaban J connectivity index is 2.46. The van der Waals surface area contributed by atoms with E-state index in [1.54, 1.807) is 13.8 Å². The number of nitrogens with zero attached hydrogens (tertiary/aromatic N) is 3. The fourth-order valence-electron chi connectivity index (χ4n) is 2.41. The molecule has 0 spiro atoms. The van der Waals surface area contributed by atoms with Gasteiger partial charge in [0.15, 0.2) is 5.75 Å². The van der Waals surface area contributed by atoms with E-state index in [2.05, 4.69) is 14.1 Å². The van der Waals surface area contributed by atoms with Gasteiger partial charge in [-0.25, -0.2) is 12.6 Å². The fraction of sp³-hybridized carbons (Fsp3) is 0.467. The Bertz CT molecular complexity index is 902. The topological polar surface area (TPSA) is 121 Å². The van der Waals surface area contributed by atoms with Crippen molar-refractivity contribution in [3.05, 3.63) is 17.2 Å². The Kier molecular flexibility index (Phi) is 7.20. The quantitative estimate of drug-likeness (QED) is 0.632. The van der Waals surface area contributed by atoms with E-state index >= 15 is 0 Å². The molecule has 27 heavy (non-hydrogen) atoms. The highest BCUT2D eigenvalue weighted by molar-refractivity contribution is 7.89. The number of halogens is 1. The molecule has 2 rings (SSSR count). The van der Waals surface area contributed by atoms with Crippen LogP contribution in [0.25, 0.3) is 0 Å². The maximum atomic E-state index is 12.9. The van der Waals surface area contributed by atoms with Gasteiger partial charge in [-0.15, -0.1) is 8.80 Å². The van der Waals surface area contributed by atoms with Crippen LogP contribution in [0.5, 0.6) is 5.75 Å². The molecule has 0 fully saturated rings. The summed E-state index contributed by atoms with van der Waals surface area (Å²) < 4.78 is 51.3. The van der Waals surface area contributed by atoms with Gasteiger partial charge in [0.25, 0.3) is 17.1 Å². The van der Waals surface area contributed by atoms with Gasteiger partial charge in [0.1, 0.15) is 4.90 Å². The lowest BCUT2D eigenvalue weighted by atomic mass is 10.3. The molecule has 1 aromatic rings. The number of benzene rings is 1. The first kappa shape index (κ1) is 21.6. The summed E-state index contributed by atoms with van der Waals surface area (Å²) in [6, 6.07) is 2.74. The van der Waals surface area contributed by atoms with Crippen LogP contribution in [-0.4, -0.2) is 53.5 Å². The van der Waals surface area contributed by atoms with Gasteiger partial charge < -0.3 is 15.2 Å². The third-order valence-corrected chi connectivity index (χ3v) is 6.71. The van der Waals surface area contributed by atoms with Gasteiger partial charge in [0.05, 0.1) is 17.3 Å². The average molecular weight is 437 g/mol. The van der Waals surface area contributed by atoms with E-state index in [-0.39, 0.29) is 35.6 Å². The number of phenols is 1. The zero-order valence-corrected chi connectivity index (χ0v) is 17.5. The van der Waals surface area contributed by atoms with Crippen LogP contribution in [0.4, 0.5) is 5.69 Å². The molecule has 0 saturated heterocycles. The second-order valence-corrected chi connectivity index (χ2v) is 8.50. The molecule has 12 heteroatoms. The van der Waals surface area contributed by atoms with Crippen molar-refractivity contribution >= 4 is 50.2 Å². The molecule has 0 amide bonds. The van der Waals surface area contributed by atoms with Crippen LogP contribution < -0.4 is 5.32 Å². The molecule has 0 aliphatic carbocycles. The lowest BCUT2D eigenvalue weighted by molar-refractivity contribution is 0.335. The predicted octanol–water partition coefficient (Wildman–Crippen LogP) is 2.30. The van der Waals surface area contributed by atoms with Crippen molar-refractivity contribution in [2.75, 3.05) is 25.0 Å². The summed E-state index contributed by atoms with van der Waals surface area (Å²) in [7, 11) is -4.02. The van der Waals surface area contributed by atoms with E-state index in [1.807, 2.05) is 6.92 Å². The Labute approximate surface area is 165 Å². The highest BCUT2D eigenvalue weighted by atomic mass is 35.5. The molecule has 150 valence electrons. The highest BCUT2D eigenvalue weighted by Crippen LogP contribution is 2.38. The second-order valence-electron chi connectivity index (χ2n) is 5.39. The van der Waals surface area contributed by atoms with Crippen molar-refractivity contribution in [3.63, 3.8) is 0 Å². The number of sulfonamides is 1. The summed E-state index contributed by atoms with van der Waals surface area (Å²) in [5, 5.41) is 13.2. The summed E-state index contributed by atoms with van der Waals surface area (Å²) in [6.45, 7) is 6.07. The zero-order valence-electron chi connectivity index (χ0n) is 15.1. The van der Waals surface area contributed by atoms with Crippen molar-refractivity contribution in [2.24, 2.45) is 8.80 Å². The Morgan fingerprint density at radius 1 is 1.30 bits per heavy atom. The van der Waals surface area contributed by atoms with Crippen LogP contribution in [-0.2, 0) is 25.9 Å². The van der Waals surface area contributed by atoms with E-state index in [9.17, 15) is 17.7 Å². The molecule has 0 aromatic heterocycles. The number of aromatic hydroxyl groups is 1. The van der Waals surface area contributed by atoms with E-state index in [4.69, 9.17) is 16.3 Å². The molecule has 0 radical (unpaired) electrons. The minimum Gasteiger partial charge on any atom is -0.504 e. The molecular formula is C15H21ClN4O5S2. The van der Waals surface area contributed by atoms with E-state index in [0.29, 0.717) is 13.0 Å². The zero-order chi connectivity index (χ0) is 20.2. The molecule has 0 saturated carbocycles. The van der Waals surface area contributed by atoms with Gasteiger partial charge in [-0.05, 0) is 25.5 Å². The third kappa shape index (κ3) is 4.60. The third-order valence-electron chi connectivity index (χ3n) is 3.57. The lowest BCUT2D eigenvalue weighted by Gasteiger charge is -2.22. The molecule has 1 aliphatic heterocycles. The van der Waals surface area contributed by atoms with Gasteiger partial charge in [0, 0.05) is 13.1 Å². The van der Waals surface area contributed by atoms with Crippen molar-refractivity contribution in [3.8, 4) is 5.75 Å². The number of hydrogen-bond donors (Lipinski definition) is 2. The van der Waals surface area contributed by atoms with Gasteiger partial charge >= 0.3 is 0 Å². The number of ether oxygens (including phenoxy) is 1. The first-order valence-corrected chi connectivity index (χ1v) is 11.2. The molecule has 0 bridgehead atoms. The number of amidine groups is 1. The van der Waals surface area contributed by atoms with Crippen LogP contribution in [0.2, 0.25) is 5.02 Å². The molecular weight excluding hydrogens is 416 g/mol. The Morgan fingerprint density at radius 2 is 2.00 bits per heavy atom. The second kappa shape index (κ2) is 9.00. The highest BCUT2D eigenvalue weighted by Gasteiger charge is 2.31. The Hall–Kier alpha value is -1.69. The van der Waals surface area contributed by atoms with Crippen LogP contribution in [0.1, 0.15) is 27.2 Å². The van der Waals surface area contributed by atoms with Crippen molar-refractivity contribution in [1.29, 1.82) is 0 Å². The van der Waals surface area contributed by atoms with Crippen molar-refractivity contribution in [1.82, 2.24) is 4.31 Å². The SMILES string of the molecule is CCCN(CC)S(=O)(=O)c1c(Cl)ccc(NC2=NS(=O)N=C2OCC)c1O. The maximum absolute atomic E-state index is 12.9. The summed E-state index contributed by atoms with van der Waals surface area (Å²) in [6.07, 6.45) is 0.611. The summed E-state index contributed by atoms with van der Waals surface area (Å²) in [4.78, 5) is -0.404. The van der Waals surface area contributed by atoms with Gasteiger partial charge in [-0.1, -0.05) is 25.4 Å². The number of hydrogen-bond acceptors (Lipinski definition) is 6. The summed E-state index contributed by atoms with van der Waals surface area (Å²) >= 11 is 4.24. The van der Waals surface area contributed by atoms with Crippen molar-refractivity contribution < 1.29 is 22.5 Å². The standard InChI is InChI=1S/C15H21ClN4O5S2/c1-4-9-20(5-2)27(23,24)13-10(16)7-8-11(12(13)21)17-14-15(25-6-3)19-26(22)18-14/h7-8,21H,4-6,9H2,1-3H3,(H,17,18). The number of phenolic OH excluding ortho intramolecular Hbond substituents is 1. The molecule has 1 aliphatic rings. The number of nitrogens with one attached hydrogen (secondary N) is 1. The minimum absolute atomic E-state index is 0.00996. The predicted molar refractivity (Wildman–Crippen MR) is 106 cm³/mol. The Morgan fingerprint density at radius 3 is 2.59 bits per heavy atom. The van der Waals surface area contributed by atoms with Gasteiger partial charge in [0.2, 0.25) is 15.9 Å². The normalized spacial score (nSPS) is 17.0.